The number of aliphatic imine (C=N–C) groups is 1. The van der Waals surface area contributed by atoms with E-state index < -0.39 is 17.7 Å². The maximum absolute atomic E-state index is 13.5. The predicted octanol–water partition coefficient (Wildman–Crippen LogP) is 6.38. The van der Waals surface area contributed by atoms with E-state index in [-0.39, 0.29) is 12.3 Å². The van der Waals surface area contributed by atoms with Crippen LogP contribution in [0.3, 0.4) is 0 Å². The number of aryl methyl sites for hydroxylation is 2. The summed E-state index contributed by atoms with van der Waals surface area (Å²) in [6.07, 6.45) is -0.387. The number of hydrogen-bond acceptors (Lipinski definition) is 13. The first-order valence-corrected chi connectivity index (χ1v) is 22.4. The van der Waals surface area contributed by atoms with Crippen LogP contribution in [0.15, 0.2) is 53.5 Å². The van der Waals surface area contributed by atoms with E-state index in [0.717, 1.165) is 38.8 Å². The van der Waals surface area contributed by atoms with E-state index >= 15 is 0 Å². The summed E-state index contributed by atoms with van der Waals surface area (Å²) in [4.78, 5) is 31.4. The molecule has 0 bridgehead atoms. The fourth-order valence-corrected chi connectivity index (χ4v) is 7.51. The van der Waals surface area contributed by atoms with Gasteiger partial charge in [0.1, 0.15) is 22.5 Å². The second-order valence-corrected chi connectivity index (χ2v) is 17.1. The molecule has 3 heterocycles. The Morgan fingerprint density at radius 3 is 2.03 bits per heavy atom. The van der Waals surface area contributed by atoms with Gasteiger partial charge in [0.15, 0.2) is 5.82 Å². The molecule has 2 aromatic carbocycles. The molecule has 3 N–H and O–H groups in total. The molecule has 0 unspecified atom stereocenters. The largest absolute Gasteiger partial charge is 0.444 e. The molecule has 2 aromatic heterocycles. The van der Waals surface area contributed by atoms with Crippen molar-refractivity contribution in [1.82, 2.24) is 25.4 Å². The highest BCUT2D eigenvalue weighted by Crippen LogP contribution is 2.39. The third kappa shape index (κ3) is 16.4. The molecule has 0 fully saturated rings. The average Bonchev–Trinajstić information content (AvgIpc) is 3.73. The molecule has 342 valence electrons. The van der Waals surface area contributed by atoms with Gasteiger partial charge in [-0.2, -0.15) is 0 Å². The van der Waals surface area contributed by atoms with Gasteiger partial charge in [0.25, 0.3) is 0 Å². The molecule has 0 aliphatic carbocycles. The second kappa shape index (κ2) is 26.0. The number of rotatable bonds is 23. The summed E-state index contributed by atoms with van der Waals surface area (Å²) in [6, 6.07) is 14.4. The lowest BCUT2D eigenvalue weighted by Crippen LogP contribution is -2.34. The molecule has 2 amide bonds. The van der Waals surface area contributed by atoms with Crippen LogP contribution in [0.5, 0.6) is 0 Å². The number of thiophene rings is 1. The van der Waals surface area contributed by atoms with Gasteiger partial charge < -0.3 is 44.4 Å². The highest BCUT2D eigenvalue weighted by molar-refractivity contribution is 7.15. The van der Waals surface area contributed by atoms with Crippen LogP contribution in [0.25, 0.3) is 5.00 Å². The highest BCUT2D eigenvalue weighted by atomic mass is 35.5. The van der Waals surface area contributed by atoms with Gasteiger partial charge in [0.2, 0.25) is 5.91 Å². The lowest BCUT2D eigenvalue weighted by Gasteiger charge is -2.19. The smallest absolute Gasteiger partial charge is 0.407 e. The normalized spacial score (nSPS) is 13.0. The Balaban J connectivity index is 0.908. The van der Waals surface area contributed by atoms with Crippen LogP contribution < -0.4 is 16.0 Å². The van der Waals surface area contributed by atoms with Crippen molar-refractivity contribution in [2.45, 2.75) is 59.6 Å². The monoisotopic (exact) mass is 915 g/mol. The number of ether oxygens (including phenoxy) is 6. The molecule has 17 heteroatoms. The minimum Gasteiger partial charge on any atom is -0.444 e. The van der Waals surface area contributed by atoms with Crippen LogP contribution >= 0.6 is 22.9 Å². The number of carbonyl (C=O) groups is 2. The molecule has 4 aromatic rings. The number of alkyl carbamates (subject to hydrolysis) is 1. The third-order valence-corrected chi connectivity index (χ3v) is 10.7. The molecule has 0 saturated heterocycles. The lowest BCUT2D eigenvalue weighted by molar-refractivity contribution is -0.116. The molecule has 5 rings (SSSR count). The van der Waals surface area contributed by atoms with Crippen molar-refractivity contribution in [3.63, 3.8) is 0 Å². The van der Waals surface area contributed by atoms with Crippen molar-refractivity contribution in [1.29, 1.82) is 0 Å². The quantitative estimate of drug-likeness (QED) is 0.0558. The Hall–Kier alpha value is -5.14. The lowest BCUT2D eigenvalue weighted by atomic mass is 9.99. The second-order valence-electron chi connectivity index (χ2n) is 15.5. The summed E-state index contributed by atoms with van der Waals surface area (Å²) >= 11 is 7.91. The Bertz CT molecular complexity index is 2280. The number of anilines is 1. The minimum atomic E-state index is -0.569. The van der Waals surface area contributed by atoms with E-state index in [9.17, 15) is 9.59 Å². The Morgan fingerprint density at radius 2 is 1.41 bits per heavy atom. The van der Waals surface area contributed by atoms with Crippen molar-refractivity contribution in [3.8, 4) is 28.7 Å². The average molecular weight is 917 g/mol. The summed E-state index contributed by atoms with van der Waals surface area (Å²) in [5, 5.41) is 19.4. The van der Waals surface area contributed by atoms with Crippen LogP contribution in [-0.4, -0.2) is 124 Å². The number of fused-ring (bicyclic) bond motifs is 3. The van der Waals surface area contributed by atoms with Crippen LogP contribution in [0.1, 0.15) is 72.0 Å². The number of nitrogens with zero attached hydrogens (tertiary/aromatic N) is 4. The maximum Gasteiger partial charge on any atom is 0.407 e. The van der Waals surface area contributed by atoms with Crippen molar-refractivity contribution in [2.24, 2.45) is 4.99 Å². The molecule has 1 atom stereocenters. The fraction of sp³-hybridized carbons (Fsp3) is 0.468. The summed E-state index contributed by atoms with van der Waals surface area (Å²) in [6.45, 7) is 17.7. The van der Waals surface area contributed by atoms with Gasteiger partial charge in [-0.15, -0.1) is 21.5 Å². The Labute approximate surface area is 384 Å². The number of hydrogen-bond donors (Lipinski definition) is 3. The molecule has 0 saturated carbocycles. The van der Waals surface area contributed by atoms with E-state index in [0.29, 0.717) is 102 Å². The van der Waals surface area contributed by atoms with Crippen molar-refractivity contribution in [2.75, 3.05) is 91.0 Å². The van der Waals surface area contributed by atoms with Gasteiger partial charge in [-0.1, -0.05) is 35.6 Å². The van der Waals surface area contributed by atoms with Gasteiger partial charge in [-0.25, -0.2) is 4.79 Å². The van der Waals surface area contributed by atoms with Crippen LogP contribution in [0.4, 0.5) is 10.5 Å². The third-order valence-electron chi connectivity index (χ3n) is 9.30. The number of carbonyl (C=O) groups excluding carboxylic acids is 2. The molecular weight excluding hydrogens is 858 g/mol. The molecule has 0 radical (unpaired) electrons. The van der Waals surface area contributed by atoms with Crippen molar-refractivity contribution >= 4 is 46.3 Å². The number of aromatic nitrogens is 3. The molecular formula is C47H58ClN7O8S. The number of nitrogens with one attached hydrogen (secondary N) is 3. The highest BCUT2D eigenvalue weighted by Gasteiger charge is 2.32. The zero-order valence-electron chi connectivity index (χ0n) is 37.4. The van der Waals surface area contributed by atoms with Gasteiger partial charge in [0, 0.05) is 45.4 Å². The van der Waals surface area contributed by atoms with Crippen LogP contribution in [-0.2, 0) is 33.2 Å². The number of halogens is 1. The molecule has 15 nitrogen and oxygen atoms in total. The first-order chi connectivity index (χ1) is 30.9. The molecule has 1 aliphatic rings. The number of benzene rings is 2. The van der Waals surface area contributed by atoms with Crippen LogP contribution in [0.2, 0.25) is 5.02 Å². The Morgan fingerprint density at radius 1 is 0.797 bits per heavy atom. The van der Waals surface area contributed by atoms with E-state index in [1.807, 2.05) is 80.8 Å². The zero-order chi connectivity index (χ0) is 45.7. The maximum atomic E-state index is 13.5. The van der Waals surface area contributed by atoms with Crippen molar-refractivity contribution < 1.29 is 38.0 Å². The Kier molecular flexibility index (Phi) is 20.2. The molecule has 1 aliphatic heterocycles. The SMILES string of the molecule is Cc1sc2c(c1C)C(c1ccc(Cl)cc1)=N[C@@H](CC(=O)Nc1ccc(C#CC#CCNCCOCCOCCOCCOCCOCCNC(=O)OC(C)(C)C)cc1)c1nnc(C)n1-2. The molecule has 0 spiro atoms. The number of amides is 2. The summed E-state index contributed by atoms with van der Waals surface area (Å²) < 4.78 is 34.7. The van der Waals surface area contributed by atoms with Gasteiger partial charge >= 0.3 is 6.09 Å². The van der Waals surface area contributed by atoms with Gasteiger partial charge in [-0.05, 0) is 95.3 Å². The predicted molar refractivity (Wildman–Crippen MR) is 249 cm³/mol. The topological polar surface area (TPSA) is 169 Å². The van der Waals surface area contributed by atoms with E-state index in [1.54, 1.807) is 11.3 Å². The van der Waals surface area contributed by atoms with Gasteiger partial charge in [-0.3, -0.25) is 14.4 Å². The summed E-state index contributed by atoms with van der Waals surface area (Å²) in [5.41, 5.74) is 4.76. The first kappa shape index (κ1) is 49.9. The molecule has 64 heavy (non-hydrogen) atoms. The first-order valence-electron chi connectivity index (χ1n) is 21.2. The summed E-state index contributed by atoms with van der Waals surface area (Å²) in [7, 11) is 0. The van der Waals surface area contributed by atoms with E-state index in [1.165, 1.54) is 4.88 Å². The van der Waals surface area contributed by atoms with Crippen LogP contribution in [0, 0.1) is 44.5 Å². The van der Waals surface area contributed by atoms with E-state index in [4.69, 9.17) is 45.0 Å². The van der Waals surface area contributed by atoms with Crippen molar-refractivity contribution in [3.05, 3.63) is 92.3 Å². The fourth-order valence-electron chi connectivity index (χ4n) is 6.17. The van der Waals surface area contributed by atoms with Gasteiger partial charge in [0.05, 0.1) is 84.7 Å². The summed E-state index contributed by atoms with van der Waals surface area (Å²) in [5.74, 6) is 12.9. The minimum absolute atomic E-state index is 0.0722. The standard InChI is InChI=1S/C47H58ClN7O8S/c1-33-34(2)64-45-42(33)43(37-13-15-38(48)16-14-37)52-40(44-54-53-35(3)55(44)45)32-41(56)51-39-17-11-36(12-18-39)10-8-7-9-19-49-20-22-58-24-26-60-28-30-62-31-29-61-27-25-59-23-21-50-46(57)63-47(4,5)6/h11-18,40,49H,19-32H2,1-6H3,(H,50,57)(H,51,56)/t40-/m0/s1. The van der Waals surface area contributed by atoms with E-state index in [2.05, 4.69) is 63.7 Å². The zero-order valence-corrected chi connectivity index (χ0v) is 39.0.